The number of aliphatic hydroxyl groups is 1. The van der Waals surface area contributed by atoms with Crippen molar-refractivity contribution in [2.45, 2.75) is 44.6 Å². The highest BCUT2D eigenvalue weighted by Crippen LogP contribution is 2.27. The first-order chi connectivity index (χ1) is 10.2. The van der Waals surface area contributed by atoms with Crippen molar-refractivity contribution in [3.8, 4) is 0 Å². The minimum atomic E-state index is -0.158. The SMILES string of the molecule is O=c1ccnc2sc(NCCCC3CCCCC3O)nn12. The molecule has 0 amide bonds. The van der Waals surface area contributed by atoms with E-state index in [2.05, 4.69) is 15.4 Å². The summed E-state index contributed by atoms with van der Waals surface area (Å²) in [4.78, 5) is 16.3. The number of aliphatic hydroxyl groups excluding tert-OH is 1. The fourth-order valence-corrected chi connectivity index (χ4v) is 3.70. The average Bonchev–Trinajstić information content (AvgIpc) is 2.90. The number of hydrogen-bond donors (Lipinski definition) is 2. The molecule has 3 rings (SSSR count). The number of nitrogens with zero attached hydrogens (tertiary/aromatic N) is 3. The summed E-state index contributed by atoms with van der Waals surface area (Å²) in [5, 5.41) is 18.1. The first-order valence-electron chi connectivity index (χ1n) is 7.51. The average molecular weight is 308 g/mol. The van der Waals surface area contributed by atoms with Gasteiger partial charge in [0.05, 0.1) is 6.10 Å². The van der Waals surface area contributed by atoms with Crippen LogP contribution in [0.15, 0.2) is 17.1 Å². The van der Waals surface area contributed by atoms with Crippen molar-refractivity contribution in [3.05, 3.63) is 22.6 Å². The van der Waals surface area contributed by atoms with Crippen molar-refractivity contribution in [2.24, 2.45) is 5.92 Å². The molecular weight excluding hydrogens is 288 g/mol. The molecule has 2 N–H and O–H groups in total. The minimum absolute atomic E-state index is 0.121. The van der Waals surface area contributed by atoms with Gasteiger partial charge in [0.25, 0.3) is 5.56 Å². The Kier molecular flexibility index (Phi) is 4.50. The molecule has 1 fully saturated rings. The predicted octanol–water partition coefficient (Wildman–Crippen LogP) is 1.89. The molecular formula is C14H20N4O2S. The van der Waals surface area contributed by atoms with Gasteiger partial charge in [0.1, 0.15) is 0 Å². The molecule has 1 aliphatic rings. The zero-order valence-electron chi connectivity index (χ0n) is 11.9. The molecule has 1 saturated carbocycles. The lowest BCUT2D eigenvalue weighted by Crippen LogP contribution is -2.24. The molecule has 2 unspecified atom stereocenters. The van der Waals surface area contributed by atoms with Gasteiger partial charge in [0.2, 0.25) is 10.1 Å². The second kappa shape index (κ2) is 6.53. The second-order valence-corrected chi connectivity index (χ2v) is 6.52. The van der Waals surface area contributed by atoms with E-state index in [9.17, 15) is 9.90 Å². The van der Waals surface area contributed by atoms with Crippen LogP contribution in [0.5, 0.6) is 0 Å². The fourth-order valence-electron chi connectivity index (χ4n) is 2.90. The molecule has 1 aliphatic carbocycles. The topological polar surface area (TPSA) is 79.5 Å². The molecule has 2 aromatic rings. The Labute approximate surface area is 126 Å². The van der Waals surface area contributed by atoms with E-state index in [1.165, 1.54) is 34.5 Å². The fraction of sp³-hybridized carbons (Fsp3) is 0.643. The Balaban J connectivity index is 1.50. The molecule has 0 spiro atoms. The Morgan fingerprint density at radius 2 is 2.29 bits per heavy atom. The summed E-state index contributed by atoms with van der Waals surface area (Å²) >= 11 is 1.38. The summed E-state index contributed by atoms with van der Waals surface area (Å²) in [5.41, 5.74) is -0.158. The van der Waals surface area contributed by atoms with Gasteiger partial charge in [-0.25, -0.2) is 4.98 Å². The number of aromatic nitrogens is 3. The maximum atomic E-state index is 11.6. The van der Waals surface area contributed by atoms with Gasteiger partial charge in [-0.05, 0) is 31.6 Å². The first kappa shape index (κ1) is 14.5. The standard InChI is InChI=1S/C14H20N4O2S/c19-11-6-2-1-4-10(11)5-3-8-15-13-17-18-12(20)7-9-16-14(18)21-13/h7,9-11,19H,1-6,8H2,(H,15,17). The summed E-state index contributed by atoms with van der Waals surface area (Å²) in [6.45, 7) is 0.803. The highest BCUT2D eigenvalue weighted by atomic mass is 32.1. The number of anilines is 1. The molecule has 2 aromatic heterocycles. The van der Waals surface area contributed by atoms with E-state index in [0.29, 0.717) is 10.9 Å². The van der Waals surface area contributed by atoms with E-state index in [0.717, 1.165) is 43.8 Å². The van der Waals surface area contributed by atoms with Crippen LogP contribution >= 0.6 is 11.3 Å². The molecule has 0 radical (unpaired) electrons. The van der Waals surface area contributed by atoms with Crippen molar-refractivity contribution in [3.63, 3.8) is 0 Å². The molecule has 2 heterocycles. The molecule has 0 bridgehead atoms. The smallest absolute Gasteiger partial charge is 0.275 e. The quantitative estimate of drug-likeness (QED) is 0.825. The van der Waals surface area contributed by atoms with Crippen molar-refractivity contribution in [1.82, 2.24) is 14.6 Å². The van der Waals surface area contributed by atoms with Gasteiger partial charge in [0.15, 0.2) is 0 Å². The lowest BCUT2D eigenvalue weighted by molar-refractivity contribution is 0.0648. The molecule has 21 heavy (non-hydrogen) atoms. The lowest BCUT2D eigenvalue weighted by atomic mass is 9.83. The number of rotatable bonds is 5. The van der Waals surface area contributed by atoms with E-state index < -0.39 is 0 Å². The van der Waals surface area contributed by atoms with Crippen LogP contribution in [0.1, 0.15) is 38.5 Å². The van der Waals surface area contributed by atoms with Crippen molar-refractivity contribution in [1.29, 1.82) is 0 Å². The van der Waals surface area contributed by atoms with E-state index in [1.807, 2.05) is 0 Å². The highest BCUT2D eigenvalue weighted by molar-refractivity contribution is 7.20. The van der Waals surface area contributed by atoms with Crippen LogP contribution in [0.2, 0.25) is 0 Å². The van der Waals surface area contributed by atoms with E-state index >= 15 is 0 Å². The van der Waals surface area contributed by atoms with Gasteiger partial charge in [-0.15, -0.1) is 5.10 Å². The monoisotopic (exact) mass is 308 g/mol. The Bertz CT molecular complexity index is 654. The largest absolute Gasteiger partial charge is 0.393 e. The molecule has 2 atom stereocenters. The summed E-state index contributed by atoms with van der Waals surface area (Å²) in [7, 11) is 0. The van der Waals surface area contributed by atoms with Crippen LogP contribution in [0.3, 0.4) is 0 Å². The van der Waals surface area contributed by atoms with Crippen LogP contribution in [-0.4, -0.2) is 32.4 Å². The van der Waals surface area contributed by atoms with Crippen LogP contribution in [0.25, 0.3) is 4.96 Å². The first-order valence-corrected chi connectivity index (χ1v) is 8.32. The number of nitrogens with one attached hydrogen (secondary N) is 1. The van der Waals surface area contributed by atoms with Crippen molar-refractivity contribution >= 4 is 21.4 Å². The van der Waals surface area contributed by atoms with E-state index in [-0.39, 0.29) is 11.7 Å². The van der Waals surface area contributed by atoms with Crippen molar-refractivity contribution < 1.29 is 5.11 Å². The van der Waals surface area contributed by atoms with Gasteiger partial charge >= 0.3 is 0 Å². The summed E-state index contributed by atoms with van der Waals surface area (Å²) < 4.78 is 1.32. The van der Waals surface area contributed by atoms with Gasteiger partial charge in [0, 0.05) is 18.8 Å². The summed E-state index contributed by atoms with van der Waals surface area (Å²) in [6, 6.07) is 1.40. The molecule has 0 aliphatic heterocycles. The van der Waals surface area contributed by atoms with Gasteiger partial charge in [-0.1, -0.05) is 24.2 Å². The molecule has 114 valence electrons. The normalized spacial score (nSPS) is 22.5. The zero-order valence-corrected chi connectivity index (χ0v) is 12.7. The second-order valence-electron chi connectivity index (χ2n) is 5.57. The Hall–Kier alpha value is -1.47. The number of hydrogen-bond acceptors (Lipinski definition) is 6. The van der Waals surface area contributed by atoms with Gasteiger partial charge in [-0.2, -0.15) is 4.52 Å². The highest BCUT2D eigenvalue weighted by Gasteiger charge is 2.22. The van der Waals surface area contributed by atoms with Crippen LogP contribution in [0.4, 0.5) is 5.13 Å². The third kappa shape index (κ3) is 3.41. The predicted molar refractivity (Wildman–Crippen MR) is 82.8 cm³/mol. The molecule has 0 saturated heterocycles. The third-order valence-electron chi connectivity index (χ3n) is 4.07. The lowest BCUT2D eigenvalue weighted by Gasteiger charge is -2.27. The van der Waals surface area contributed by atoms with E-state index in [1.54, 1.807) is 0 Å². The van der Waals surface area contributed by atoms with Gasteiger partial charge < -0.3 is 10.4 Å². The summed E-state index contributed by atoms with van der Waals surface area (Å²) in [6.07, 6.45) is 7.90. The maximum Gasteiger partial charge on any atom is 0.275 e. The Morgan fingerprint density at radius 1 is 1.43 bits per heavy atom. The van der Waals surface area contributed by atoms with Crippen molar-refractivity contribution in [2.75, 3.05) is 11.9 Å². The van der Waals surface area contributed by atoms with Crippen LogP contribution in [0, 0.1) is 5.92 Å². The molecule has 7 heteroatoms. The Morgan fingerprint density at radius 3 is 3.10 bits per heavy atom. The van der Waals surface area contributed by atoms with Crippen LogP contribution < -0.4 is 10.9 Å². The summed E-state index contributed by atoms with van der Waals surface area (Å²) in [5.74, 6) is 0.445. The van der Waals surface area contributed by atoms with E-state index in [4.69, 9.17) is 0 Å². The molecule has 6 nitrogen and oxygen atoms in total. The van der Waals surface area contributed by atoms with Gasteiger partial charge in [-0.3, -0.25) is 4.79 Å². The van der Waals surface area contributed by atoms with Crippen LogP contribution in [-0.2, 0) is 0 Å². The third-order valence-corrected chi connectivity index (χ3v) is 4.95. The number of fused-ring (bicyclic) bond motifs is 1. The zero-order chi connectivity index (χ0) is 14.7. The maximum absolute atomic E-state index is 11.6. The molecule has 0 aromatic carbocycles. The minimum Gasteiger partial charge on any atom is -0.393 e.